The molecule has 1 heterocycles. The fourth-order valence-electron chi connectivity index (χ4n) is 2.49. The highest BCUT2D eigenvalue weighted by molar-refractivity contribution is 5.81. The lowest BCUT2D eigenvalue weighted by Gasteiger charge is -2.17. The Balaban J connectivity index is 2.08. The van der Waals surface area contributed by atoms with Gasteiger partial charge in [-0.3, -0.25) is 0 Å². The molecule has 2 aromatic carbocycles. The van der Waals surface area contributed by atoms with E-state index in [2.05, 4.69) is 12.2 Å². The molecule has 1 unspecified atom stereocenters. The Hall–Kier alpha value is -2.13. The van der Waals surface area contributed by atoms with Crippen molar-refractivity contribution in [3.05, 3.63) is 71.7 Å². The summed E-state index contributed by atoms with van der Waals surface area (Å²) in [5.41, 5.74) is 2.97. The average molecular weight is 269 g/mol. The van der Waals surface area contributed by atoms with E-state index in [1.165, 1.54) is 12.1 Å². The van der Waals surface area contributed by atoms with E-state index in [0.29, 0.717) is 0 Å². The van der Waals surface area contributed by atoms with Crippen molar-refractivity contribution in [3.8, 4) is 0 Å². The van der Waals surface area contributed by atoms with Crippen LogP contribution in [0.4, 0.5) is 4.39 Å². The van der Waals surface area contributed by atoms with Gasteiger partial charge in [0.25, 0.3) is 0 Å². The quantitative estimate of drug-likeness (QED) is 0.765. The van der Waals surface area contributed by atoms with Gasteiger partial charge in [-0.05, 0) is 30.3 Å². The maximum Gasteiger partial charge on any atom is 0.134 e. The van der Waals surface area contributed by atoms with Gasteiger partial charge in [0.1, 0.15) is 11.4 Å². The molecule has 3 rings (SSSR count). The van der Waals surface area contributed by atoms with Crippen LogP contribution in [-0.4, -0.2) is 6.54 Å². The molecule has 0 fully saturated rings. The smallest absolute Gasteiger partial charge is 0.134 e. The molecule has 1 aromatic heterocycles. The van der Waals surface area contributed by atoms with E-state index >= 15 is 0 Å². The summed E-state index contributed by atoms with van der Waals surface area (Å²) >= 11 is 0. The van der Waals surface area contributed by atoms with Crippen LogP contribution >= 0.6 is 0 Å². The van der Waals surface area contributed by atoms with Gasteiger partial charge < -0.3 is 9.73 Å². The van der Waals surface area contributed by atoms with E-state index in [0.717, 1.165) is 28.6 Å². The first-order valence-corrected chi connectivity index (χ1v) is 6.74. The molecule has 0 saturated carbocycles. The monoisotopic (exact) mass is 269 g/mol. The first-order chi connectivity index (χ1) is 9.79. The second kappa shape index (κ2) is 5.47. The first-order valence-electron chi connectivity index (χ1n) is 6.74. The molecule has 0 spiro atoms. The summed E-state index contributed by atoms with van der Waals surface area (Å²) in [5, 5.41) is 4.52. The molecule has 0 amide bonds. The lowest BCUT2D eigenvalue weighted by atomic mass is 9.98. The number of para-hydroxylation sites is 1. The van der Waals surface area contributed by atoms with Gasteiger partial charge in [-0.1, -0.05) is 37.3 Å². The van der Waals surface area contributed by atoms with Crippen LogP contribution < -0.4 is 5.32 Å². The maximum absolute atomic E-state index is 13.1. The van der Waals surface area contributed by atoms with Gasteiger partial charge in [-0.2, -0.15) is 0 Å². The summed E-state index contributed by atoms with van der Waals surface area (Å²) in [4.78, 5) is 0. The van der Waals surface area contributed by atoms with E-state index in [1.54, 1.807) is 6.26 Å². The largest absolute Gasteiger partial charge is 0.464 e. The van der Waals surface area contributed by atoms with Crippen LogP contribution in [-0.2, 0) is 0 Å². The van der Waals surface area contributed by atoms with Crippen LogP contribution in [0.25, 0.3) is 11.0 Å². The highest BCUT2D eigenvalue weighted by Gasteiger charge is 2.18. The van der Waals surface area contributed by atoms with Crippen LogP contribution in [0.5, 0.6) is 0 Å². The van der Waals surface area contributed by atoms with Crippen molar-refractivity contribution in [1.82, 2.24) is 5.32 Å². The average Bonchev–Trinajstić information content (AvgIpc) is 2.90. The fraction of sp³-hybridized carbons (Fsp3) is 0.176. The number of nitrogens with one attached hydrogen (secondary N) is 1. The van der Waals surface area contributed by atoms with Crippen molar-refractivity contribution in [2.24, 2.45) is 0 Å². The molecule has 3 aromatic rings. The first kappa shape index (κ1) is 12.9. The summed E-state index contributed by atoms with van der Waals surface area (Å²) in [5.74, 6) is -0.221. The topological polar surface area (TPSA) is 25.2 Å². The highest BCUT2D eigenvalue weighted by atomic mass is 19.1. The van der Waals surface area contributed by atoms with Crippen molar-refractivity contribution in [2.45, 2.75) is 13.0 Å². The number of rotatable bonds is 4. The SMILES string of the molecule is CCNC(c1ccc(F)cc1)c1coc2ccccc12. The zero-order chi connectivity index (χ0) is 13.9. The van der Waals surface area contributed by atoms with Crippen LogP contribution in [0.3, 0.4) is 0 Å². The van der Waals surface area contributed by atoms with Gasteiger partial charge in [0, 0.05) is 10.9 Å². The molecule has 1 N–H and O–H groups in total. The minimum absolute atomic E-state index is 0.00394. The van der Waals surface area contributed by atoms with Crippen LogP contribution in [0.2, 0.25) is 0 Å². The van der Waals surface area contributed by atoms with Gasteiger partial charge in [-0.15, -0.1) is 0 Å². The molecule has 0 saturated heterocycles. The number of halogens is 1. The number of fused-ring (bicyclic) bond motifs is 1. The van der Waals surface area contributed by atoms with Crippen molar-refractivity contribution < 1.29 is 8.81 Å². The second-order valence-electron chi connectivity index (χ2n) is 4.73. The van der Waals surface area contributed by atoms with Crippen molar-refractivity contribution in [2.75, 3.05) is 6.54 Å². The summed E-state index contributed by atoms with van der Waals surface area (Å²) < 4.78 is 18.7. The minimum atomic E-state index is -0.221. The maximum atomic E-state index is 13.1. The Morgan fingerprint density at radius 2 is 1.85 bits per heavy atom. The summed E-state index contributed by atoms with van der Waals surface area (Å²) in [7, 11) is 0. The third-order valence-electron chi connectivity index (χ3n) is 3.43. The van der Waals surface area contributed by atoms with E-state index < -0.39 is 0 Å². The zero-order valence-electron chi connectivity index (χ0n) is 11.3. The molecule has 0 radical (unpaired) electrons. The molecule has 102 valence electrons. The number of furan rings is 1. The molecule has 0 aliphatic heterocycles. The molecule has 0 aliphatic rings. The highest BCUT2D eigenvalue weighted by Crippen LogP contribution is 2.30. The van der Waals surface area contributed by atoms with Gasteiger partial charge in [-0.25, -0.2) is 4.39 Å². The number of benzene rings is 2. The van der Waals surface area contributed by atoms with E-state index in [-0.39, 0.29) is 11.9 Å². The lowest BCUT2D eigenvalue weighted by Crippen LogP contribution is -2.21. The van der Waals surface area contributed by atoms with Gasteiger partial charge in [0.15, 0.2) is 0 Å². The Bertz CT molecular complexity index is 702. The molecular weight excluding hydrogens is 253 g/mol. The number of hydrogen-bond acceptors (Lipinski definition) is 2. The lowest BCUT2D eigenvalue weighted by molar-refractivity contribution is 0.583. The Morgan fingerprint density at radius 1 is 1.10 bits per heavy atom. The molecular formula is C17H16FNO. The Morgan fingerprint density at radius 3 is 2.60 bits per heavy atom. The summed E-state index contributed by atoms with van der Waals surface area (Å²) in [6.07, 6.45) is 1.78. The molecule has 2 nitrogen and oxygen atoms in total. The zero-order valence-corrected chi connectivity index (χ0v) is 11.3. The standard InChI is InChI=1S/C17H16FNO/c1-2-19-17(12-7-9-13(18)10-8-12)15-11-20-16-6-4-3-5-14(15)16/h3-11,17,19H,2H2,1H3. The summed E-state index contributed by atoms with van der Waals surface area (Å²) in [6, 6.07) is 14.5. The molecule has 0 aliphatic carbocycles. The van der Waals surface area contributed by atoms with Crippen molar-refractivity contribution in [1.29, 1.82) is 0 Å². The normalized spacial score (nSPS) is 12.7. The number of hydrogen-bond donors (Lipinski definition) is 1. The second-order valence-corrected chi connectivity index (χ2v) is 4.73. The predicted molar refractivity (Wildman–Crippen MR) is 78.1 cm³/mol. The van der Waals surface area contributed by atoms with E-state index in [9.17, 15) is 4.39 Å². The van der Waals surface area contributed by atoms with Crippen LogP contribution in [0, 0.1) is 5.82 Å². The molecule has 3 heteroatoms. The van der Waals surface area contributed by atoms with E-state index in [1.807, 2.05) is 36.4 Å². The van der Waals surface area contributed by atoms with Crippen LogP contribution in [0.1, 0.15) is 24.1 Å². The third-order valence-corrected chi connectivity index (χ3v) is 3.43. The van der Waals surface area contributed by atoms with E-state index in [4.69, 9.17) is 4.42 Å². The Kier molecular flexibility index (Phi) is 3.52. The fourth-order valence-corrected chi connectivity index (χ4v) is 2.49. The van der Waals surface area contributed by atoms with Crippen molar-refractivity contribution >= 4 is 11.0 Å². The van der Waals surface area contributed by atoms with Crippen molar-refractivity contribution in [3.63, 3.8) is 0 Å². The predicted octanol–water partition coefficient (Wildman–Crippen LogP) is 4.27. The molecule has 0 bridgehead atoms. The molecule has 1 atom stereocenters. The van der Waals surface area contributed by atoms with Gasteiger partial charge in [0.2, 0.25) is 0 Å². The van der Waals surface area contributed by atoms with Gasteiger partial charge in [0.05, 0.1) is 12.3 Å². The Labute approximate surface area is 117 Å². The van der Waals surface area contributed by atoms with Gasteiger partial charge >= 0.3 is 0 Å². The molecule has 20 heavy (non-hydrogen) atoms. The summed E-state index contributed by atoms with van der Waals surface area (Å²) in [6.45, 7) is 2.88. The van der Waals surface area contributed by atoms with Crippen LogP contribution in [0.15, 0.2) is 59.2 Å². The minimum Gasteiger partial charge on any atom is -0.464 e. The third kappa shape index (κ3) is 2.32.